The molecule has 1 heterocycles. The summed E-state index contributed by atoms with van der Waals surface area (Å²) in [6.07, 6.45) is 0. The highest BCUT2D eigenvalue weighted by molar-refractivity contribution is 7.98. The SMILES string of the molecule is C[C@H](CN1c2ccccc2CSc2ccccc21)N(C)C. The minimum atomic E-state index is 0.495. The average Bonchev–Trinajstić information content (AvgIpc) is 2.65. The van der Waals surface area contributed by atoms with Crippen molar-refractivity contribution in [3.63, 3.8) is 0 Å². The Balaban J connectivity index is 2.06. The minimum Gasteiger partial charge on any atom is -0.339 e. The van der Waals surface area contributed by atoms with E-state index in [1.165, 1.54) is 21.8 Å². The van der Waals surface area contributed by atoms with Crippen LogP contribution in [0.3, 0.4) is 0 Å². The molecule has 0 radical (unpaired) electrons. The molecule has 0 amide bonds. The van der Waals surface area contributed by atoms with Gasteiger partial charge < -0.3 is 9.80 Å². The molecule has 1 aliphatic rings. The van der Waals surface area contributed by atoms with Crippen LogP contribution in [-0.2, 0) is 5.75 Å². The van der Waals surface area contributed by atoms with Crippen molar-refractivity contribution in [1.82, 2.24) is 4.90 Å². The van der Waals surface area contributed by atoms with E-state index < -0.39 is 0 Å². The molecule has 1 aliphatic heterocycles. The molecular weight excluding hydrogens is 276 g/mol. The van der Waals surface area contributed by atoms with E-state index >= 15 is 0 Å². The highest BCUT2D eigenvalue weighted by Crippen LogP contribution is 2.42. The second-order valence-corrected chi connectivity index (χ2v) is 6.83. The Bertz CT molecular complexity index is 577. The summed E-state index contributed by atoms with van der Waals surface area (Å²) in [6.45, 7) is 3.28. The third-order valence-corrected chi connectivity index (χ3v) is 5.26. The van der Waals surface area contributed by atoms with Crippen molar-refractivity contribution in [3.05, 3.63) is 54.1 Å². The second kappa shape index (κ2) is 6.12. The number of rotatable bonds is 3. The molecule has 2 nitrogen and oxygen atoms in total. The van der Waals surface area contributed by atoms with Gasteiger partial charge in [-0.25, -0.2) is 0 Å². The Labute approximate surface area is 131 Å². The number of anilines is 2. The van der Waals surface area contributed by atoms with Gasteiger partial charge in [0.15, 0.2) is 0 Å². The molecule has 2 aromatic carbocycles. The van der Waals surface area contributed by atoms with E-state index in [9.17, 15) is 0 Å². The van der Waals surface area contributed by atoms with E-state index in [4.69, 9.17) is 0 Å². The highest BCUT2D eigenvalue weighted by Gasteiger charge is 2.22. The third kappa shape index (κ3) is 2.94. The fraction of sp³-hybridized carbons (Fsp3) is 0.333. The highest BCUT2D eigenvalue weighted by atomic mass is 32.2. The molecule has 0 aliphatic carbocycles. The number of hydrogen-bond acceptors (Lipinski definition) is 3. The maximum absolute atomic E-state index is 2.48. The van der Waals surface area contributed by atoms with Crippen LogP contribution in [0.2, 0.25) is 0 Å². The van der Waals surface area contributed by atoms with Crippen molar-refractivity contribution in [2.45, 2.75) is 23.6 Å². The normalized spacial score (nSPS) is 15.3. The number of para-hydroxylation sites is 2. The lowest BCUT2D eigenvalue weighted by Crippen LogP contribution is -2.36. The minimum absolute atomic E-state index is 0.495. The molecule has 1 atom stereocenters. The Hall–Kier alpha value is -1.45. The molecule has 0 aromatic heterocycles. The van der Waals surface area contributed by atoms with Gasteiger partial charge in [-0.3, -0.25) is 0 Å². The van der Waals surface area contributed by atoms with Crippen LogP contribution in [0.4, 0.5) is 11.4 Å². The Morgan fingerprint density at radius 3 is 2.48 bits per heavy atom. The van der Waals surface area contributed by atoms with Crippen molar-refractivity contribution >= 4 is 23.1 Å². The summed E-state index contributed by atoms with van der Waals surface area (Å²) in [5.74, 6) is 1.04. The smallest absolute Gasteiger partial charge is 0.0549 e. The van der Waals surface area contributed by atoms with Crippen molar-refractivity contribution in [2.75, 3.05) is 25.5 Å². The van der Waals surface area contributed by atoms with E-state index in [1.54, 1.807) is 0 Å². The first-order valence-electron chi connectivity index (χ1n) is 7.40. The van der Waals surface area contributed by atoms with Crippen LogP contribution in [0.25, 0.3) is 0 Å². The first-order valence-corrected chi connectivity index (χ1v) is 8.39. The van der Waals surface area contributed by atoms with Crippen LogP contribution in [0.15, 0.2) is 53.4 Å². The van der Waals surface area contributed by atoms with Crippen molar-refractivity contribution in [3.8, 4) is 0 Å². The summed E-state index contributed by atoms with van der Waals surface area (Å²) in [5, 5.41) is 0. The second-order valence-electron chi connectivity index (χ2n) is 5.81. The number of benzene rings is 2. The summed E-state index contributed by atoms with van der Waals surface area (Å²) >= 11 is 1.94. The molecule has 0 unspecified atom stereocenters. The van der Waals surface area contributed by atoms with Gasteiger partial charge in [0, 0.05) is 28.9 Å². The van der Waals surface area contributed by atoms with E-state index in [1.807, 2.05) is 11.8 Å². The van der Waals surface area contributed by atoms with Gasteiger partial charge in [0.05, 0.1) is 5.69 Å². The summed E-state index contributed by atoms with van der Waals surface area (Å²) in [5.41, 5.74) is 4.11. The number of likely N-dealkylation sites (N-methyl/N-ethyl adjacent to an activating group) is 1. The maximum Gasteiger partial charge on any atom is 0.0549 e. The summed E-state index contributed by atoms with van der Waals surface area (Å²) in [6, 6.07) is 18.0. The monoisotopic (exact) mass is 298 g/mol. The number of nitrogens with zero attached hydrogens (tertiary/aromatic N) is 2. The molecule has 0 bridgehead atoms. The fourth-order valence-corrected chi connectivity index (χ4v) is 3.66. The molecule has 0 saturated heterocycles. The molecule has 2 aromatic rings. The molecule has 0 spiro atoms. The lowest BCUT2D eigenvalue weighted by molar-refractivity contribution is 0.319. The largest absolute Gasteiger partial charge is 0.339 e. The van der Waals surface area contributed by atoms with Crippen LogP contribution in [0, 0.1) is 0 Å². The first-order chi connectivity index (χ1) is 10.2. The molecule has 0 N–H and O–H groups in total. The fourth-order valence-electron chi connectivity index (χ4n) is 2.61. The van der Waals surface area contributed by atoms with Gasteiger partial charge in [0.2, 0.25) is 0 Å². The zero-order valence-electron chi connectivity index (χ0n) is 12.9. The summed E-state index contributed by atoms with van der Waals surface area (Å²) in [7, 11) is 4.30. The number of fused-ring (bicyclic) bond motifs is 2. The standard InChI is InChI=1S/C18H22N2S/c1-14(19(2)3)12-20-16-9-5-4-8-15(16)13-21-18-11-7-6-10-17(18)20/h4-11,14H,12-13H2,1-3H3/t14-/m1/s1. The van der Waals surface area contributed by atoms with Crippen LogP contribution < -0.4 is 4.90 Å². The van der Waals surface area contributed by atoms with E-state index in [0.29, 0.717) is 6.04 Å². The van der Waals surface area contributed by atoms with Gasteiger partial charge >= 0.3 is 0 Å². The quantitative estimate of drug-likeness (QED) is 0.830. The molecule has 0 saturated carbocycles. The third-order valence-electron chi connectivity index (χ3n) is 4.15. The van der Waals surface area contributed by atoms with Gasteiger partial charge in [0.1, 0.15) is 0 Å². The molecule has 3 rings (SSSR count). The topological polar surface area (TPSA) is 6.48 Å². The van der Waals surface area contributed by atoms with Crippen molar-refractivity contribution < 1.29 is 0 Å². The van der Waals surface area contributed by atoms with Gasteiger partial charge in [-0.1, -0.05) is 30.3 Å². The number of thioether (sulfide) groups is 1. The molecule has 21 heavy (non-hydrogen) atoms. The van der Waals surface area contributed by atoms with E-state index in [2.05, 4.69) is 79.3 Å². The van der Waals surface area contributed by atoms with Gasteiger partial charge in [-0.05, 0) is 44.8 Å². The van der Waals surface area contributed by atoms with Gasteiger partial charge in [-0.15, -0.1) is 11.8 Å². The Morgan fingerprint density at radius 2 is 1.71 bits per heavy atom. The van der Waals surface area contributed by atoms with Gasteiger partial charge in [-0.2, -0.15) is 0 Å². The van der Waals surface area contributed by atoms with Crippen LogP contribution in [0.1, 0.15) is 12.5 Å². The van der Waals surface area contributed by atoms with Crippen LogP contribution >= 0.6 is 11.8 Å². The maximum atomic E-state index is 2.48. The number of hydrogen-bond donors (Lipinski definition) is 0. The zero-order valence-corrected chi connectivity index (χ0v) is 13.7. The molecular formula is C18H22N2S. The summed E-state index contributed by atoms with van der Waals surface area (Å²) in [4.78, 5) is 6.14. The average molecular weight is 298 g/mol. The lowest BCUT2D eigenvalue weighted by atomic mass is 10.1. The van der Waals surface area contributed by atoms with Crippen LogP contribution in [-0.4, -0.2) is 31.6 Å². The van der Waals surface area contributed by atoms with E-state index in [-0.39, 0.29) is 0 Å². The Morgan fingerprint density at radius 1 is 1.05 bits per heavy atom. The Kier molecular flexibility index (Phi) is 4.22. The predicted molar refractivity (Wildman–Crippen MR) is 92.6 cm³/mol. The van der Waals surface area contributed by atoms with Crippen molar-refractivity contribution in [1.29, 1.82) is 0 Å². The van der Waals surface area contributed by atoms with Crippen molar-refractivity contribution in [2.24, 2.45) is 0 Å². The van der Waals surface area contributed by atoms with Gasteiger partial charge in [0.25, 0.3) is 0 Å². The molecule has 110 valence electrons. The molecule has 0 fully saturated rings. The van der Waals surface area contributed by atoms with E-state index in [0.717, 1.165) is 12.3 Å². The molecule has 3 heteroatoms. The van der Waals surface area contributed by atoms with Crippen LogP contribution in [0.5, 0.6) is 0 Å². The zero-order chi connectivity index (χ0) is 14.8. The lowest BCUT2D eigenvalue weighted by Gasteiger charge is -2.31. The summed E-state index contributed by atoms with van der Waals surface area (Å²) < 4.78 is 0. The predicted octanol–water partition coefficient (Wildman–Crippen LogP) is 4.38. The first kappa shape index (κ1) is 14.5.